The van der Waals surface area contributed by atoms with Gasteiger partial charge in [-0.05, 0) is 60.9 Å². The molecule has 0 saturated heterocycles. The summed E-state index contributed by atoms with van der Waals surface area (Å²) >= 11 is 0. The summed E-state index contributed by atoms with van der Waals surface area (Å²) in [6.45, 7) is 10.7. The number of benzene rings is 2. The van der Waals surface area contributed by atoms with Crippen molar-refractivity contribution in [2.24, 2.45) is 7.05 Å². The van der Waals surface area contributed by atoms with Crippen molar-refractivity contribution in [2.45, 2.75) is 40.5 Å². The first kappa shape index (κ1) is 13.3. The number of aryl methyl sites for hydroxylation is 2. The first-order chi connectivity index (χ1) is 11.7. The fraction of sp³-hybridized carbons (Fsp3) is 0.318. The lowest BCUT2D eigenvalue weighted by Crippen LogP contribution is -2.30. The highest BCUT2D eigenvalue weighted by molar-refractivity contribution is 5.94. The van der Waals surface area contributed by atoms with Crippen molar-refractivity contribution in [1.29, 1.82) is 0 Å². The highest BCUT2D eigenvalue weighted by Gasteiger charge is 2.19. The summed E-state index contributed by atoms with van der Waals surface area (Å²) in [5, 5.41) is 1.91. The summed E-state index contributed by atoms with van der Waals surface area (Å²) in [6, 6.07) is 11.0. The molecule has 1 heteroatoms. The molecule has 0 spiro atoms. The zero-order chi connectivity index (χ0) is 18.5. The molecule has 0 atom stereocenters. The Kier molecular flexibility index (Phi) is 3.36. The Labute approximate surface area is 142 Å². The predicted molar refractivity (Wildman–Crippen MR) is 98.9 cm³/mol. The molecule has 1 nitrogen and oxygen atoms in total. The maximum atomic E-state index is 8.41. The average molecular weight is 306 g/mol. The van der Waals surface area contributed by atoms with Crippen LogP contribution < -0.4 is 4.57 Å². The number of nitrogens with zero attached hydrogens (tertiary/aromatic N) is 1. The lowest BCUT2D eigenvalue weighted by molar-refractivity contribution is -0.659. The van der Waals surface area contributed by atoms with Crippen molar-refractivity contribution in [1.82, 2.24) is 0 Å². The van der Waals surface area contributed by atoms with E-state index in [-0.39, 0.29) is 6.17 Å². The van der Waals surface area contributed by atoms with E-state index in [4.69, 9.17) is 2.74 Å². The largest absolute Gasteiger partial charge is 0.220 e. The van der Waals surface area contributed by atoms with Gasteiger partial charge < -0.3 is 0 Å². The van der Waals surface area contributed by atoms with Crippen molar-refractivity contribution in [3.05, 3.63) is 64.8 Å². The van der Waals surface area contributed by atoms with Crippen LogP contribution >= 0.6 is 0 Å². The Hall–Kier alpha value is -2.15. The Morgan fingerprint density at radius 2 is 1.78 bits per heavy atom. The first-order valence-corrected chi connectivity index (χ1v) is 8.23. The van der Waals surface area contributed by atoms with Crippen LogP contribution in [-0.2, 0) is 7.05 Å². The molecule has 1 aromatic heterocycles. The first-order valence-electron chi connectivity index (χ1n) is 9.23. The van der Waals surface area contributed by atoms with Gasteiger partial charge in [-0.2, -0.15) is 0 Å². The van der Waals surface area contributed by atoms with Crippen LogP contribution in [0.3, 0.4) is 0 Å². The van der Waals surface area contributed by atoms with Gasteiger partial charge in [-0.3, -0.25) is 0 Å². The van der Waals surface area contributed by atoms with Crippen LogP contribution in [0.1, 0.15) is 44.8 Å². The minimum absolute atomic E-state index is 0.248. The highest BCUT2D eigenvalue weighted by atomic mass is 14.9. The summed E-state index contributed by atoms with van der Waals surface area (Å²) < 4.78 is 18.7. The van der Waals surface area contributed by atoms with Crippen LogP contribution in [0.5, 0.6) is 0 Å². The molecule has 2 aromatic carbocycles. The second-order valence-corrected chi connectivity index (χ2v) is 6.86. The van der Waals surface area contributed by atoms with Crippen LogP contribution in [0.4, 0.5) is 0 Å². The second-order valence-electron chi connectivity index (χ2n) is 6.86. The normalized spacial score (nSPS) is 12.7. The van der Waals surface area contributed by atoms with Crippen molar-refractivity contribution in [3.63, 3.8) is 0 Å². The lowest BCUT2D eigenvalue weighted by Gasteiger charge is -2.13. The molecule has 0 aliphatic heterocycles. The molecule has 0 aliphatic carbocycles. The SMILES string of the molecule is [2H]c1c([2H])[n+](C)c(-c2cc(C)cc(C)c2C)c2cc(C(C)C)ccc12. The van der Waals surface area contributed by atoms with E-state index >= 15 is 0 Å². The van der Waals surface area contributed by atoms with Gasteiger partial charge in [0.05, 0.1) is 12.3 Å². The van der Waals surface area contributed by atoms with Gasteiger partial charge in [-0.25, -0.2) is 4.57 Å². The monoisotopic (exact) mass is 306 g/mol. The van der Waals surface area contributed by atoms with E-state index in [0.29, 0.717) is 12.0 Å². The summed E-state index contributed by atoms with van der Waals surface area (Å²) in [5.41, 5.74) is 7.14. The molecular formula is C22H26N+. The van der Waals surface area contributed by atoms with Crippen LogP contribution in [0.2, 0.25) is 0 Å². The number of hydrogen-bond acceptors (Lipinski definition) is 0. The van der Waals surface area contributed by atoms with E-state index in [9.17, 15) is 0 Å². The number of aromatic nitrogens is 1. The summed E-state index contributed by atoms with van der Waals surface area (Å²) in [5.74, 6) is 0.424. The molecule has 0 radical (unpaired) electrons. The van der Waals surface area contributed by atoms with E-state index in [2.05, 4.69) is 58.9 Å². The smallest absolute Gasteiger partial charge is 0.200 e. The van der Waals surface area contributed by atoms with Gasteiger partial charge in [0.1, 0.15) is 8.42 Å². The topological polar surface area (TPSA) is 3.88 Å². The van der Waals surface area contributed by atoms with Gasteiger partial charge in [0, 0.05) is 6.04 Å². The number of pyridine rings is 1. The third kappa shape index (κ3) is 2.76. The van der Waals surface area contributed by atoms with Crippen LogP contribution in [0, 0.1) is 20.8 Å². The summed E-state index contributed by atoms with van der Waals surface area (Å²) in [6.07, 6.45) is 0.248. The van der Waals surface area contributed by atoms with Crippen LogP contribution in [0.15, 0.2) is 42.5 Å². The molecular weight excluding hydrogens is 278 g/mol. The number of fused-ring (bicyclic) bond motifs is 1. The third-order valence-corrected chi connectivity index (χ3v) is 4.73. The molecule has 3 rings (SSSR count). The summed E-state index contributed by atoms with van der Waals surface area (Å²) in [7, 11) is 1.90. The van der Waals surface area contributed by atoms with Gasteiger partial charge >= 0.3 is 0 Å². The van der Waals surface area contributed by atoms with Crippen molar-refractivity contribution in [3.8, 4) is 11.3 Å². The van der Waals surface area contributed by atoms with Gasteiger partial charge in [0.2, 0.25) is 5.69 Å². The molecule has 0 fully saturated rings. The highest BCUT2D eigenvalue weighted by Crippen LogP contribution is 2.32. The minimum Gasteiger partial charge on any atom is -0.200 e. The molecule has 0 amide bonds. The molecule has 23 heavy (non-hydrogen) atoms. The van der Waals surface area contributed by atoms with Gasteiger partial charge in [-0.15, -0.1) is 0 Å². The lowest BCUT2D eigenvalue weighted by atomic mass is 9.92. The Bertz CT molecular complexity index is 987. The minimum atomic E-state index is 0.248. The van der Waals surface area contributed by atoms with Crippen molar-refractivity contribution in [2.75, 3.05) is 0 Å². The van der Waals surface area contributed by atoms with Crippen LogP contribution in [0.25, 0.3) is 22.0 Å². The molecule has 0 aliphatic rings. The van der Waals surface area contributed by atoms with E-state index in [1.54, 1.807) is 0 Å². The molecule has 0 saturated carbocycles. The standard InChI is InChI=1S/C22H26N/c1-14(2)19-8-7-18-9-10-23(6)22(21(18)13-19)20-12-15(3)11-16(4)17(20)5/h7-14H,1-6H3/q+1/i9D,10D. The van der Waals surface area contributed by atoms with Crippen LogP contribution in [-0.4, -0.2) is 0 Å². The maximum Gasteiger partial charge on any atom is 0.220 e. The Balaban J connectivity index is 2.51. The third-order valence-electron chi connectivity index (χ3n) is 4.73. The van der Waals surface area contributed by atoms with Gasteiger partial charge in [-0.1, -0.05) is 37.6 Å². The molecule has 118 valence electrons. The average Bonchev–Trinajstić information content (AvgIpc) is 2.56. The second kappa shape index (κ2) is 5.81. The molecule has 0 bridgehead atoms. The molecule has 1 heterocycles. The number of hydrogen-bond donors (Lipinski definition) is 0. The molecule has 3 aromatic rings. The Morgan fingerprint density at radius 3 is 2.48 bits per heavy atom. The zero-order valence-electron chi connectivity index (χ0n) is 16.9. The predicted octanol–water partition coefficient (Wildman–Crippen LogP) is 5.38. The molecule has 0 N–H and O–H groups in total. The summed E-state index contributed by atoms with van der Waals surface area (Å²) in [4.78, 5) is 0. The van der Waals surface area contributed by atoms with E-state index < -0.39 is 0 Å². The Morgan fingerprint density at radius 1 is 1.04 bits per heavy atom. The van der Waals surface area contributed by atoms with Crippen molar-refractivity contribution >= 4 is 10.8 Å². The maximum absolute atomic E-state index is 8.41. The molecule has 0 unspecified atom stereocenters. The van der Waals surface area contributed by atoms with E-state index in [1.807, 2.05) is 17.7 Å². The fourth-order valence-electron chi connectivity index (χ4n) is 3.22. The van der Waals surface area contributed by atoms with Crippen molar-refractivity contribution < 1.29 is 7.31 Å². The fourth-order valence-corrected chi connectivity index (χ4v) is 3.22. The zero-order valence-corrected chi connectivity index (χ0v) is 14.9. The van der Waals surface area contributed by atoms with E-state index in [1.165, 1.54) is 22.3 Å². The van der Waals surface area contributed by atoms with Gasteiger partial charge in [0.25, 0.3) is 0 Å². The van der Waals surface area contributed by atoms with Gasteiger partial charge in [0.15, 0.2) is 6.17 Å². The quantitative estimate of drug-likeness (QED) is 0.560. The number of rotatable bonds is 2. The van der Waals surface area contributed by atoms with E-state index in [0.717, 1.165) is 22.0 Å².